The van der Waals surface area contributed by atoms with Crippen LogP contribution in [0.3, 0.4) is 0 Å². The van der Waals surface area contributed by atoms with E-state index < -0.39 is 0 Å². The smallest absolute Gasteiger partial charge is 0.248 e. The maximum absolute atomic E-state index is 11.3. The average molecular weight is 254 g/mol. The predicted molar refractivity (Wildman–Crippen MR) is 62.6 cm³/mol. The Hall–Kier alpha value is -1.09. The van der Waals surface area contributed by atoms with Crippen LogP contribution in [-0.4, -0.2) is 10.7 Å². The van der Waals surface area contributed by atoms with Gasteiger partial charge in [0.15, 0.2) is 0 Å². The van der Waals surface area contributed by atoms with Gasteiger partial charge >= 0.3 is 0 Å². The van der Waals surface area contributed by atoms with E-state index in [0.29, 0.717) is 0 Å². The summed E-state index contributed by atoms with van der Waals surface area (Å²) in [5, 5.41) is 2.75. The third-order valence-corrected chi connectivity index (χ3v) is 1.86. The fourth-order valence-corrected chi connectivity index (χ4v) is 1.08. The molecule has 1 rings (SSSR count). The lowest BCUT2D eigenvalue weighted by atomic mass is 10.3. The Labute approximate surface area is 92.1 Å². The summed E-state index contributed by atoms with van der Waals surface area (Å²) in [6.45, 7) is 1.95. The van der Waals surface area contributed by atoms with E-state index in [-0.39, 0.29) is 10.7 Å². The van der Waals surface area contributed by atoms with Gasteiger partial charge in [0, 0.05) is 16.6 Å². The van der Waals surface area contributed by atoms with Gasteiger partial charge in [-0.25, -0.2) is 0 Å². The second kappa shape index (κ2) is 5.60. The molecule has 0 aliphatic heterocycles. The number of amides is 1. The number of carbonyl (C=O) groups is 1. The molecule has 74 valence electrons. The van der Waals surface area contributed by atoms with Crippen LogP contribution in [0.2, 0.25) is 0 Å². The van der Waals surface area contributed by atoms with Crippen LogP contribution in [0.25, 0.3) is 0 Å². The molecule has 0 fully saturated rings. The Morgan fingerprint density at radius 3 is 2.64 bits per heavy atom. The van der Waals surface area contributed by atoms with Gasteiger partial charge in [-0.1, -0.05) is 40.2 Å². The summed E-state index contributed by atoms with van der Waals surface area (Å²) in [7, 11) is 0. The summed E-state index contributed by atoms with van der Waals surface area (Å²) in [5.41, 5.74) is 0.810. The zero-order chi connectivity index (χ0) is 10.4. The lowest BCUT2D eigenvalue weighted by molar-refractivity contribution is -0.111. The Morgan fingerprint density at radius 2 is 2.07 bits per heavy atom. The average Bonchev–Trinajstić information content (AvgIpc) is 2.16. The monoisotopic (exact) mass is 253 g/mol. The summed E-state index contributed by atoms with van der Waals surface area (Å²) in [6.07, 6.45) is 3.31. The molecule has 3 heteroatoms. The molecule has 0 aliphatic carbocycles. The molecule has 14 heavy (non-hydrogen) atoms. The van der Waals surface area contributed by atoms with Crippen LogP contribution < -0.4 is 5.32 Å². The van der Waals surface area contributed by atoms with Crippen LogP contribution >= 0.6 is 15.9 Å². The van der Waals surface area contributed by atoms with Gasteiger partial charge in [-0.05, 0) is 19.1 Å². The molecular weight excluding hydrogens is 242 g/mol. The zero-order valence-corrected chi connectivity index (χ0v) is 9.49. The van der Waals surface area contributed by atoms with Crippen LogP contribution in [0.1, 0.15) is 6.92 Å². The number of alkyl halides is 1. The molecule has 0 bridgehead atoms. The highest BCUT2D eigenvalue weighted by molar-refractivity contribution is 9.09. The zero-order valence-electron chi connectivity index (χ0n) is 7.91. The van der Waals surface area contributed by atoms with E-state index in [0.717, 1.165) is 5.69 Å². The first-order chi connectivity index (χ1) is 6.68. The molecule has 1 atom stereocenters. The number of para-hydroxylation sites is 1. The van der Waals surface area contributed by atoms with Crippen molar-refractivity contribution in [2.45, 2.75) is 11.8 Å². The molecule has 0 saturated carbocycles. The standard InChI is InChI=1S/C11H12BrNO/c1-9(12)7-8-11(14)13-10-5-3-2-4-6-10/h2-9H,1H3,(H,13,14)/b8-7+. The molecule has 1 aromatic rings. The quantitative estimate of drug-likeness (QED) is 0.652. The van der Waals surface area contributed by atoms with Crippen molar-refractivity contribution in [1.29, 1.82) is 0 Å². The normalized spacial score (nSPS) is 12.7. The number of nitrogens with one attached hydrogen (secondary N) is 1. The van der Waals surface area contributed by atoms with Crippen molar-refractivity contribution in [3.63, 3.8) is 0 Å². The van der Waals surface area contributed by atoms with Gasteiger partial charge in [-0.15, -0.1) is 0 Å². The maximum Gasteiger partial charge on any atom is 0.248 e. The third kappa shape index (κ3) is 4.23. The Morgan fingerprint density at radius 1 is 1.43 bits per heavy atom. The summed E-state index contributed by atoms with van der Waals surface area (Å²) >= 11 is 3.32. The van der Waals surface area contributed by atoms with Crippen molar-refractivity contribution in [1.82, 2.24) is 0 Å². The summed E-state index contributed by atoms with van der Waals surface area (Å²) < 4.78 is 0. The van der Waals surface area contributed by atoms with E-state index in [1.165, 1.54) is 6.08 Å². The third-order valence-electron chi connectivity index (χ3n) is 1.55. The van der Waals surface area contributed by atoms with Gasteiger partial charge in [-0.2, -0.15) is 0 Å². The first-order valence-corrected chi connectivity index (χ1v) is 5.28. The van der Waals surface area contributed by atoms with Gasteiger partial charge in [0.2, 0.25) is 5.91 Å². The topological polar surface area (TPSA) is 29.1 Å². The van der Waals surface area contributed by atoms with Crippen LogP contribution in [0.5, 0.6) is 0 Å². The first-order valence-electron chi connectivity index (χ1n) is 4.37. The van der Waals surface area contributed by atoms with Crippen LogP contribution in [0.15, 0.2) is 42.5 Å². The molecule has 1 N–H and O–H groups in total. The molecule has 1 amide bonds. The van der Waals surface area contributed by atoms with E-state index in [4.69, 9.17) is 0 Å². The largest absolute Gasteiger partial charge is 0.323 e. The Balaban J connectivity index is 2.50. The van der Waals surface area contributed by atoms with Crippen molar-refractivity contribution in [3.8, 4) is 0 Å². The van der Waals surface area contributed by atoms with E-state index in [1.807, 2.05) is 37.3 Å². The number of benzene rings is 1. The minimum Gasteiger partial charge on any atom is -0.323 e. The highest BCUT2D eigenvalue weighted by atomic mass is 79.9. The SMILES string of the molecule is CC(Br)/C=C/C(=O)Nc1ccccc1. The second-order valence-corrected chi connectivity index (χ2v) is 4.34. The van der Waals surface area contributed by atoms with Gasteiger partial charge in [-0.3, -0.25) is 4.79 Å². The minimum absolute atomic E-state index is 0.109. The number of hydrogen-bond donors (Lipinski definition) is 1. The van der Waals surface area contributed by atoms with Crippen molar-refractivity contribution in [3.05, 3.63) is 42.5 Å². The van der Waals surface area contributed by atoms with E-state index in [9.17, 15) is 4.79 Å². The Kier molecular flexibility index (Phi) is 4.40. The fourth-order valence-electron chi connectivity index (χ4n) is 0.925. The number of halogens is 1. The van der Waals surface area contributed by atoms with E-state index in [1.54, 1.807) is 6.08 Å². The Bertz CT molecular complexity index is 319. The second-order valence-electron chi connectivity index (χ2n) is 2.89. The lowest BCUT2D eigenvalue weighted by Crippen LogP contribution is -2.07. The summed E-state index contributed by atoms with van der Waals surface area (Å²) in [5.74, 6) is -0.109. The summed E-state index contributed by atoms with van der Waals surface area (Å²) in [6, 6.07) is 9.37. The molecule has 1 aromatic carbocycles. The van der Waals surface area contributed by atoms with Crippen LogP contribution in [0.4, 0.5) is 5.69 Å². The van der Waals surface area contributed by atoms with Gasteiger partial charge in [0.05, 0.1) is 0 Å². The molecule has 2 nitrogen and oxygen atoms in total. The highest BCUT2D eigenvalue weighted by Gasteiger charge is 1.96. The van der Waals surface area contributed by atoms with Crippen molar-refractivity contribution < 1.29 is 4.79 Å². The van der Waals surface area contributed by atoms with Crippen molar-refractivity contribution in [2.75, 3.05) is 5.32 Å². The van der Waals surface area contributed by atoms with Gasteiger partial charge in [0.25, 0.3) is 0 Å². The molecule has 0 heterocycles. The molecule has 0 spiro atoms. The lowest BCUT2D eigenvalue weighted by Gasteiger charge is -2.00. The van der Waals surface area contributed by atoms with Crippen molar-refractivity contribution >= 4 is 27.5 Å². The van der Waals surface area contributed by atoms with E-state index >= 15 is 0 Å². The highest BCUT2D eigenvalue weighted by Crippen LogP contribution is 2.05. The number of hydrogen-bond acceptors (Lipinski definition) is 1. The number of anilines is 1. The molecule has 0 saturated heterocycles. The van der Waals surface area contributed by atoms with Crippen molar-refractivity contribution in [2.24, 2.45) is 0 Å². The predicted octanol–water partition coefficient (Wildman–Crippen LogP) is 2.96. The first kappa shape index (κ1) is 11.0. The van der Waals surface area contributed by atoms with Gasteiger partial charge in [0.1, 0.15) is 0 Å². The van der Waals surface area contributed by atoms with Crippen LogP contribution in [-0.2, 0) is 4.79 Å². The number of allylic oxidation sites excluding steroid dienone is 1. The molecular formula is C11H12BrNO. The number of carbonyl (C=O) groups excluding carboxylic acids is 1. The number of rotatable bonds is 3. The summed E-state index contributed by atoms with van der Waals surface area (Å²) in [4.78, 5) is 11.5. The van der Waals surface area contributed by atoms with E-state index in [2.05, 4.69) is 21.2 Å². The fraction of sp³-hybridized carbons (Fsp3) is 0.182. The van der Waals surface area contributed by atoms with Crippen LogP contribution in [0, 0.1) is 0 Å². The molecule has 0 aliphatic rings. The molecule has 0 radical (unpaired) electrons. The maximum atomic E-state index is 11.3. The van der Waals surface area contributed by atoms with Gasteiger partial charge < -0.3 is 5.32 Å². The molecule has 0 aromatic heterocycles. The molecule has 1 unspecified atom stereocenters. The minimum atomic E-state index is -0.109.